The van der Waals surface area contributed by atoms with Crippen LogP contribution in [0.3, 0.4) is 0 Å². The molecule has 0 aromatic carbocycles. The second-order valence-corrected chi connectivity index (χ2v) is 4.43. The smallest absolute Gasteiger partial charge is 0.234 e. The van der Waals surface area contributed by atoms with Gasteiger partial charge in [-0.05, 0) is 25.2 Å². The number of carbonyl (C=O) groups is 1. The average Bonchev–Trinajstić information content (AvgIpc) is 2.01. The van der Waals surface area contributed by atoms with E-state index in [1.54, 1.807) is 5.01 Å². The monoisotopic (exact) mass is 199 g/mol. The van der Waals surface area contributed by atoms with E-state index < -0.39 is 0 Å². The van der Waals surface area contributed by atoms with E-state index >= 15 is 0 Å². The lowest BCUT2D eigenvalue weighted by molar-refractivity contribution is -0.126. The Hall–Kier alpha value is -0.610. The fourth-order valence-corrected chi connectivity index (χ4v) is 2.08. The molecule has 4 heteroatoms. The van der Waals surface area contributed by atoms with E-state index in [0.29, 0.717) is 18.4 Å². The van der Waals surface area contributed by atoms with Gasteiger partial charge in [0.05, 0.1) is 0 Å². The number of nitrogens with one attached hydrogen (secondary N) is 1. The van der Waals surface area contributed by atoms with E-state index in [-0.39, 0.29) is 5.91 Å². The average molecular weight is 199 g/mol. The van der Waals surface area contributed by atoms with Crippen LogP contribution in [0.1, 0.15) is 32.1 Å². The Balaban J connectivity index is 2.25. The number of amides is 1. The molecule has 1 saturated carbocycles. The molecule has 0 spiro atoms. The first-order valence-electron chi connectivity index (χ1n) is 5.30. The Bertz CT molecular complexity index is 194. The molecular weight excluding hydrogens is 178 g/mol. The van der Waals surface area contributed by atoms with Gasteiger partial charge < -0.3 is 5.73 Å². The molecule has 2 atom stereocenters. The fraction of sp³-hybridized carbons (Fsp3) is 0.900. The van der Waals surface area contributed by atoms with Gasteiger partial charge in [0.25, 0.3) is 0 Å². The zero-order valence-corrected chi connectivity index (χ0v) is 9.12. The molecule has 1 rings (SSSR count). The van der Waals surface area contributed by atoms with Crippen LogP contribution in [0.25, 0.3) is 0 Å². The standard InChI is InChI=1S/C10H21N3O/c1-13(2)12-10(14)7-8-4-3-5-9(11)6-8/h8-9H,3-7,11H2,1-2H3,(H,12,14). The van der Waals surface area contributed by atoms with Gasteiger partial charge in [-0.15, -0.1) is 0 Å². The van der Waals surface area contributed by atoms with Crippen molar-refractivity contribution >= 4 is 5.91 Å². The number of carbonyl (C=O) groups excluding carboxylic acids is 1. The first kappa shape index (κ1) is 11.5. The highest BCUT2D eigenvalue weighted by Crippen LogP contribution is 2.25. The summed E-state index contributed by atoms with van der Waals surface area (Å²) in [7, 11) is 3.65. The molecule has 1 fully saturated rings. The van der Waals surface area contributed by atoms with Gasteiger partial charge in [0.1, 0.15) is 0 Å². The number of nitrogens with zero attached hydrogens (tertiary/aromatic N) is 1. The lowest BCUT2D eigenvalue weighted by atomic mass is 9.84. The number of hydrazine groups is 1. The van der Waals surface area contributed by atoms with E-state index in [2.05, 4.69) is 5.43 Å². The van der Waals surface area contributed by atoms with Gasteiger partial charge >= 0.3 is 0 Å². The van der Waals surface area contributed by atoms with Crippen LogP contribution >= 0.6 is 0 Å². The normalized spacial score (nSPS) is 27.7. The highest BCUT2D eigenvalue weighted by molar-refractivity contribution is 5.75. The Morgan fingerprint density at radius 1 is 1.50 bits per heavy atom. The number of nitrogens with two attached hydrogens (primary N) is 1. The van der Waals surface area contributed by atoms with E-state index in [1.807, 2.05) is 14.1 Å². The molecule has 0 radical (unpaired) electrons. The molecule has 2 unspecified atom stereocenters. The van der Waals surface area contributed by atoms with Crippen LogP contribution in [0.15, 0.2) is 0 Å². The van der Waals surface area contributed by atoms with Gasteiger partial charge in [-0.25, -0.2) is 5.01 Å². The molecule has 0 aliphatic heterocycles. The van der Waals surface area contributed by atoms with E-state index in [0.717, 1.165) is 19.3 Å². The van der Waals surface area contributed by atoms with Crippen LogP contribution < -0.4 is 11.2 Å². The van der Waals surface area contributed by atoms with Crippen LogP contribution in [0.4, 0.5) is 0 Å². The summed E-state index contributed by atoms with van der Waals surface area (Å²) in [6.45, 7) is 0. The minimum atomic E-state index is 0.106. The molecule has 1 aliphatic carbocycles. The van der Waals surface area contributed by atoms with Crippen LogP contribution in [0.5, 0.6) is 0 Å². The molecule has 3 N–H and O–H groups in total. The Morgan fingerprint density at radius 2 is 2.21 bits per heavy atom. The maximum Gasteiger partial charge on any atom is 0.234 e. The third kappa shape index (κ3) is 4.07. The Morgan fingerprint density at radius 3 is 2.79 bits per heavy atom. The molecule has 0 aromatic rings. The minimum absolute atomic E-state index is 0.106. The predicted molar refractivity (Wildman–Crippen MR) is 56.4 cm³/mol. The van der Waals surface area contributed by atoms with Gasteiger partial charge in [0.2, 0.25) is 5.91 Å². The summed E-state index contributed by atoms with van der Waals surface area (Å²) in [5, 5.41) is 1.69. The quantitative estimate of drug-likeness (QED) is 0.650. The van der Waals surface area contributed by atoms with Crippen molar-refractivity contribution in [3.8, 4) is 0 Å². The molecular formula is C10H21N3O. The maximum atomic E-state index is 11.4. The van der Waals surface area contributed by atoms with Crippen LogP contribution in [-0.4, -0.2) is 31.1 Å². The van der Waals surface area contributed by atoms with Gasteiger partial charge in [0.15, 0.2) is 0 Å². The fourth-order valence-electron chi connectivity index (χ4n) is 2.08. The van der Waals surface area contributed by atoms with E-state index in [1.165, 1.54) is 6.42 Å². The molecule has 4 nitrogen and oxygen atoms in total. The van der Waals surface area contributed by atoms with E-state index in [9.17, 15) is 4.79 Å². The van der Waals surface area contributed by atoms with Crippen molar-refractivity contribution in [2.24, 2.45) is 11.7 Å². The molecule has 0 saturated heterocycles. The van der Waals surface area contributed by atoms with Crippen molar-refractivity contribution in [3.05, 3.63) is 0 Å². The van der Waals surface area contributed by atoms with Crippen LogP contribution in [0.2, 0.25) is 0 Å². The largest absolute Gasteiger partial charge is 0.328 e. The van der Waals surface area contributed by atoms with Gasteiger partial charge in [-0.3, -0.25) is 10.2 Å². The summed E-state index contributed by atoms with van der Waals surface area (Å²) >= 11 is 0. The van der Waals surface area contributed by atoms with Gasteiger partial charge in [-0.1, -0.05) is 6.42 Å². The maximum absolute atomic E-state index is 11.4. The van der Waals surface area contributed by atoms with Crippen molar-refractivity contribution in [2.75, 3.05) is 14.1 Å². The zero-order chi connectivity index (χ0) is 10.6. The minimum Gasteiger partial charge on any atom is -0.328 e. The summed E-state index contributed by atoms with van der Waals surface area (Å²) in [5.41, 5.74) is 8.62. The molecule has 0 bridgehead atoms. The van der Waals surface area contributed by atoms with Crippen molar-refractivity contribution in [3.63, 3.8) is 0 Å². The van der Waals surface area contributed by atoms with Crippen molar-refractivity contribution < 1.29 is 4.79 Å². The van der Waals surface area contributed by atoms with Crippen LogP contribution in [0, 0.1) is 5.92 Å². The third-order valence-corrected chi connectivity index (χ3v) is 2.65. The second kappa shape index (κ2) is 5.32. The first-order valence-corrected chi connectivity index (χ1v) is 5.30. The third-order valence-electron chi connectivity index (χ3n) is 2.65. The summed E-state index contributed by atoms with van der Waals surface area (Å²) in [6, 6.07) is 0.306. The Kier molecular flexibility index (Phi) is 4.35. The predicted octanol–water partition coefficient (Wildman–Crippen LogP) is 0.487. The summed E-state index contributed by atoms with van der Waals surface area (Å²) in [5.74, 6) is 0.591. The Labute approximate surface area is 85.8 Å². The molecule has 82 valence electrons. The first-order chi connectivity index (χ1) is 6.58. The van der Waals surface area contributed by atoms with Crippen LogP contribution in [-0.2, 0) is 4.79 Å². The zero-order valence-electron chi connectivity index (χ0n) is 9.12. The molecule has 1 aliphatic rings. The van der Waals surface area contributed by atoms with Crippen molar-refractivity contribution in [1.29, 1.82) is 0 Å². The van der Waals surface area contributed by atoms with Gasteiger partial charge in [0, 0.05) is 26.6 Å². The van der Waals surface area contributed by atoms with Crippen molar-refractivity contribution in [1.82, 2.24) is 10.4 Å². The summed E-state index contributed by atoms with van der Waals surface area (Å²) < 4.78 is 0. The summed E-state index contributed by atoms with van der Waals surface area (Å²) in [4.78, 5) is 11.4. The number of hydrogen-bond donors (Lipinski definition) is 2. The highest BCUT2D eigenvalue weighted by Gasteiger charge is 2.21. The lowest BCUT2D eigenvalue weighted by Gasteiger charge is -2.26. The van der Waals surface area contributed by atoms with E-state index in [4.69, 9.17) is 5.73 Å². The lowest BCUT2D eigenvalue weighted by Crippen LogP contribution is -2.38. The molecule has 0 aromatic heterocycles. The number of rotatable bonds is 3. The highest BCUT2D eigenvalue weighted by atomic mass is 16.2. The summed E-state index contributed by atoms with van der Waals surface area (Å²) in [6.07, 6.45) is 5.05. The van der Waals surface area contributed by atoms with Crippen molar-refractivity contribution in [2.45, 2.75) is 38.1 Å². The molecule has 14 heavy (non-hydrogen) atoms. The second-order valence-electron chi connectivity index (χ2n) is 4.43. The molecule has 0 heterocycles. The molecule has 1 amide bonds. The SMILES string of the molecule is CN(C)NC(=O)CC1CCCC(N)C1. The van der Waals surface area contributed by atoms with Gasteiger partial charge in [-0.2, -0.15) is 0 Å². The topological polar surface area (TPSA) is 58.4 Å². The number of hydrogen-bond acceptors (Lipinski definition) is 3.